The smallest absolute Gasteiger partial charge is 0.232 e. The minimum Gasteiger partial charge on any atom is -0.324 e. The number of hydrogen-bond donors (Lipinski definition) is 1. The first-order chi connectivity index (χ1) is 12.3. The molecule has 0 unspecified atom stereocenters. The number of carbonyl (C=O) groups is 1. The quantitative estimate of drug-likeness (QED) is 0.842. The molecule has 1 N–H and O–H groups in total. The molecule has 0 spiro atoms. The monoisotopic (exact) mass is 376 g/mol. The molecule has 7 heteroatoms. The second-order valence-corrected chi connectivity index (χ2v) is 8.46. The van der Waals surface area contributed by atoms with E-state index in [0.29, 0.717) is 5.69 Å². The summed E-state index contributed by atoms with van der Waals surface area (Å²) >= 11 is 0. The van der Waals surface area contributed by atoms with Crippen LogP contribution < -0.4 is 9.62 Å². The number of amides is 1. The van der Waals surface area contributed by atoms with E-state index in [2.05, 4.69) is 5.32 Å². The van der Waals surface area contributed by atoms with Gasteiger partial charge in [-0.15, -0.1) is 0 Å². The van der Waals surface area contributed by atoms with Gasteiger partial charge in [-0.25, -0.2) is 12.8 Å². The molecule has 26 heavy (non-hydrogen) atoms. The highest BCUT2D eigenvalue weighted by Gasteiger charge is 2.36. The van der Waals surface area contributed by atoms with Crippen molar-refractivity contribution in [2.75, 3.05) is 15.9 Å². The Bertz CT molecular complexity index is 940. The Kier molecular flexibility index (Phi) is 5.00. The summed E-state index contributed by atoms with van der Waals surface area (Å²) in [6.07, 6.45) is 2.75. The molecule has 0 heterocycles. The molecule has 138 valence electrons. The zero-order valence-electron chi connectivity index (χ0n) is 14.7. The number of sulfonamides is 1. The minimum atomic E-state index is -3.53. The maximum absolute atomic E-state index is 13.7. The summed E-state index contributed by atoms with van der Waals surface area (Å²) in [6.45, 7) is 1.91. The molecule has 1 amide bonds. The zero-order chi connectivity index (χ0) is 18.9. The number of anilines is 2. The summed E-state index contributed by atoms with van der Waals surface area (Å²) in [5.74, 6) is -0.861. The number of nitrogens with one attached hydrogen (secondary N) is 1. The number of carbonyl (C=O) groups excluding carboxylic acids is 1. The number of halogens is 1. The lowest BCUT2D eigenvalue weighted by atomic mass is 10.1. The first-order valence-corrected chi connectivity index (χ1v) is 10.2. The lowest BCUT2D eigenvalue weighted by Crippen LogP contribution is -2.33. The summed E-state index contributed by atoms with van der Waals surface area (Å²) < 4.78 is 39.4. The predicted octanol–water partition coefficient (Wildman–Crippen LogP) is 3.24. The fraction of sp³-hybridized carbons (Fsp3) is 0.316. The van der Waals surface area contributed by atoms with Crippen molar-refractivity contribution in [1.82, 2.24) is 0 Å². The van der Waals surface area contributed by atoms with E-state index < -0.39 is 15.8 Å². The zero-order valence-corrected chi connectivity index (χ0v) is 15.5. The van der Waals surface area contributed by atoms with Crippen molar-refractivity contribution in [2.45, 2.75) is 32.2 Å². The van der Waals surface area contributed by atoms with Crippen LogP contribution in [0.1, 0.15) is 24.0 Å². The van der Waals surface area contributed by atoms with Crippen molar-refractivity contribution in [3.05, 3.63) is 59.4 Å². The molecule has 0 radical (unpaired) electrons. The van der Waals surface area contributed by atoms with Gasteiger partial charge in [-0.2, -0.15) is 0 Å². The van der Waals surface area contributed by atoms with Gasteiger partial charge in [0.2, 0.25) is 15.9 Å². The summed E-state index contributed by atoms with van der Waals surface area (Å²) in [4.78, 5) is 12.5. The van der Waals surface area contributed by atoms with E-state index in [0.717, 1.165) is 36.3 Å². The minimum absolute atomic E-state index is 0.130. The van der Waals surface area contributed by atoms with Gasteiger partial charge < -0.3 is 5.32 Å². The Morgan fingerprint density at radius 1 is 1.23 bits per heavy atom. The molecule has 1 aliphatic rings. The molecule has 0 bridgehead atoms. The summed E-state index contributed by atoms with van der Waals surface area (Å²) in [5.41, 5.74) is 2.32. The van der Waals surface area contributed by atoms with Gasteiger partial charge in [0, 0.05) is 6.04 Å². The highest BCUT2D eigenvalue weighted by molar-refractivity contribution is 7.92. The van der Waals surface area contributed by atoms with E-state index in [1.54, 1.807) is 0 Å². The predicted molar refractivity (Wildman–Crippen MR) is 100 cm³/mol. The van der Waals surface area contributed by atoms with Gasteiger partial charge in [0.1, 0.15) is 5.82 Å². The number of nitrogens with zero attached hydrogens (tertiary/aromatic N) is 1. The highest BCUT2D eigenvalue weighted by Crippen LogP contribution is 2.38. The van der Waals surface area contributed by atoms with Gasteiger partial charge in [0.15, 0.2) is 0 Å². The second-order valence-electron chi connectivity index (χ2n) is 6.60. The van der Waals surface area contributed by atoms with Crippen LogP contribution in [0.5, 0.6) is 0 Å². The lowest BCUT2D eigenvalue weighted by Gasteiger charge is -2.25. The molecule has 5 nitrogen and oxygen atoms in total. The van der Waals surface area contributed by atoms with Crippen molar-refractivity contribution < 1.29 is 17.6 Å². The van der Waals surface area contributed by atoms with Crippen LogP contribution in [0.15, 0.2) is 42.5 Å². The van der Waals surface area contributed by atoms with E-state index in [-0.39, 0.29) is 24.1 Å². The third kappa shape index (κ3) is 4.22. The van der Waals surface area contributed by atoms with E-state index in [9.17, 15) is 17.6 Å². The highest BCUT2D eigenvalue weighted by atomic mass is 32.2. The van der Waals surface area contributed by atoms with Gasteiger partial charge >= 0.3 is 0 Å². The van der Waals surface area contributed by atoms with Crippen molar-refractivity contribution in [2.24, 2.45) is 0 Å². The Labute approximate surface area is 152 Å². The molecule has 0 aromatic heterocycles. The number of hydrogen-bond acceptors (Lipinski definition) is 3. The molecule has 1 saturated carbocycles. The van der Waals surface area contributed by atoms with E-state index in [4.69, 9.17) is 0 Å². The Morgan fingerprint density at radius 3 is 2.54 bits per heavy atom. The third-order valence-corrected chi connectivity index (χ3v) is 5.53. The van der Waals surface area contributed by atoms with Crippen LogP contribution in [0.2, 0.25) is 0 Å². The number of rotatable bonds is 6. The van der Waals surface area contributed by atoms with Gasteiger partial charge in [-0.05, 0) is 49.1 Å². The topological polar surface area (TPSA) is 66.5 Å². The third-order valence-electron chi connectivity index (χ3n) is 4.32. The van der Waals surface area contributed by atoms with Crippen LogP contribution in [0, 0.1) is 12.7 Å². The van der Waals surface area contributed by atoms with E-state index >= 15 is 0 Å². The summed E-state index contributed by atoms with van der Waals surface area (Å²) in [6, 6.07) is 11.1. The Morgan fingerprint density at radius 2 is 1.92 bits per heavy atom. The summed E-state index contributed by atoms with van der Waals surface area (Å²) in [7, 11) is -3.53. The first-order valence-electron chi connectivity index (χ1n) is 8.39. The Hall–Kier alpha value is -2.41. The molecule has 0 aliphatic heterocycles. The van der Waals surface area contributed by atoms with Crippen LogP contribution >= 0.6 is 0 Å². The van der Waals surface area contributed by atoms with E-state index in [1.807, 2.05) is 31.2 Å². The van der Waals surface area contributed by atoms with Crippen molar-refractivity contribution in [1.29, 1.82) is 0 Å². The van der Waals surface area contributed by atoms with Gasteiger partial charge in [0.25, 0.3) is 0 Å². The molecule has 1 aliphatic carbocycles. The fourth-order valence-electron chi connectivity index (χ4n) is 2.93. The average molecular weight is 376 g/mol. The number of aryl methyl sites for hydroxylation is 1. The standard InChI is InChI=1S/C19H21FN2O3S/c1-13-5-3-4-6-14(13)11-19(23)21-17-12-15(20)7-10-18(17)22(16-8-9-16)26(2,24)25/h3-7,10,12,16H,8-9,11H2,1-2H3,(H,21,23). The molecule has 0 saturated heterocycles. The van der Waals surface area contributed by atoms with Crippen molar-refractivity contribution >= 4 is 27.3 Å². The van der Waals surface area contributed by atoms with Gasteiger partial charge in [0.05, 0.1) is 24.1 Å². The lowest BCUT2D eigenvalue weighted by molar-refractivity contribution is -0.115. The largest absolute Gasteiger partial charge is 0.324 e. The molecule has 1 fully saturated rings. The average Bonchev–Trinajstić information content (AvgIpc) is 3.35. The molecular formula is C19H21FN2O3S. The molecule has 2 aromatic carbocycles. The van der Waals surface area contributed by atoms with Gasteiger partial charge in [-0.3, -0.25) is 9.10 Å². The normalized spacial score (nSPS) is 14.1. The van der Waals surface area contributed by atoms with Crippen LogP contribution in [0.4, 0.5) is 15.8 Å². The maximum atomic E-state index is 13.7. The molecule has 3 rings (SSSR count). The molecular weight excluding hydrogens is 355 g/mol. The fourth-order valence-corrected chi connectivity index (χ4v) is 4.20. The van der Waals surface area contributed by atoms with Crippen molar-refractivity contribution in [3.8, 4) is 0 Å². The van der Waals surface area contributed by atoms with Crippen LogP contribution in [0.3, 0.4) is 0 Å². The van der Waals surface area contributed by atoms with Crippen LogP contribution in [0.25, 0.3) is 0 Å². The van der Waals surface area contributed by atoms with Crippen LogP contribution in [-0.2, 0) is 21.2 Å². The molecule has 0 atom stereocenters. The Balaban J connectivity index is 1.89. The second kappa shape index (κ2) is 7.07. The summed E-state index contributed by atoms with van der Waals surface area (Å²) in [5, 5.41) is 2.68. The number of benzene rings is 2. The van der Waals surface area contributed by atoms with E-state index in [1.165, 1.54) is 16.4 Å². The van der Waals surface area contributed by atoms with Crippen molar-refractivity contribution in [3.63, 3.8) is 0 Å². The molecule has 2 aromatic rings. The first kappa shape index (κ1) is 18.4. The van der Waals surface area contributed by atoms with Gasteiger partial charge in [-0.1, -0.05) is 24.3 Å². The SMILES string of the molecule is Cc1ccccc1CC(=O)Nc1cc(F)ccc1N(C1CC1)S(C)(=O)=O. The van der Waals surface area contributed by atoms with Crippen LogP contribution in [-0.4, -0.2) is 26.6 Å². The maximum Gasteiger partial charge on any atom is 0.232 e.